The van der Waals surface area contributed by atoms with Gasteiger partial charge in [-0.1, -0.05) is 25.4 Å². The number of halogens is 1. The van der Waals surface area contributed by atoms with Gasteiger partial charge in [0.2, 0.25) is 5.91 Å². The molecule has 0 spiro atoms. The summed E-state index contributed by atoms with van der Waals surface area (Å²) in [5.74, 6) is 0.658. The number of hydrogen-bond acceptors (Lipinski definition) is 3. The number of thiophene rings is 1. The maximum Gasteiger partial charge on any atom is 0.236 e. The lowest BCUT2D eigenvalue weighted by Crippen LogP contribution is -2.43. The molecule has 0 bridgehead atoms. The number of rotatable bonds is 7. The maximum atomic E-state index is 11.9. The molecule has 1 aromatic heterocycles. The van der Waals surface area contributed by atoms with Crippen LogP contribution in [0.5, 0.6) is 0 Å². The smallest absolute Gasteiger partial charge is 0.236 e. The molecule has 0 aliphatic rings. The van der Waals surface area contributed by atoms with E-state index in [1.165, 1.54) is 0 Å². The van der Waals surface area contributed by atoms with Gasteiger partial charge < -0.3 is 5.32 Å². The second-order valence-electron chi connectivity index (χ2n) is 5.23. The first-order valence-corrected chi connectivity index (χ1v) is 7.88. The van der Waals surface area contributed by atoms with Crippen LogP contribution in [-0.2, 0) is 4.79 Å². The third-order valence-electron chi connectivity index (χ3n) is 2.93. The van der Waals surface area contributed by atoms with Gasteiger partial charge >= 0.3 is 0 Å². The van der Waals surface area contributed by atoms with Gasteiger partial charge in [-0.3, -0.25) is 10.1 Å². The van der Waals surface area contributed by atoms with E-state index in [1.807, 2.05) is 26.0 Å². The Bertz CT molecular complexity index is 406. The first kappa shape index (κ1) is 16.5. The number of carbonyl (C=O) groups is 1. The van der Waals surface area contributed by atoms with Crippen molar-refractivity contribution in [3.63, 3.8) is 0 Å². The summed E-state index contributed by atoms with van der Waals surface area (Å²) >= 11 is 7.46. The van der Waals surface area contributed by atoms with Crippen molar-refractivity contribution in [2.45, 2.75) is 46.2 Å². The molecule has 0 radical (unpaired) electrons. The molecule has 1 heterocycles. The Morgan fingerprint density at radius 3 is 2.53 bits per heavy atom. The van der Waals surface area contributed by atoms with Crippen molar-refractivity contribution in [2.75, 3.05) is 6.54 Å². The Morgan fingerprint density at radius 1 is 1.32 bits per heavy atom. The summed E-state index contributed by atoms with van der Waals surface area (Å²) in [6.07, 6.45) is 1.01. The highest BCUT2D eigenvalue weighted by Gasteiger charge is 2.16. The van der Waals surface area contributed by atoms with Crippen LogP contribution in [0.3, 0.4) is 0 Å². The molecular weight excluding hydrogens is 280 g/mol. The van der Waals surface area contributed by atoms with Crippen LogP contribution in [0, 0.1) is 5.92 Å². The molecule has 2 atom stereocenters. The topological polar surface area (TPSA) is 41.1 Å². The summed E-state index contributed by atoms with van der Waals surface area (Å²) in [6, 6.07) is 3.80. The van der Waals surface area contributed by atoms with E-state index in [4.69, 9.17) is 11.6 Å². The fraction of sp³-hybridized carbons (Fsp3) is 0.643. The van der Waals surface area contributed by atoms with E-state index in [1.54, 1.807) is 11.3 Å². The predicted molar refractivity (Wildman–Crippen MR) is 82.8 cm³/mol. The van der Waals surface area contributed by atoms with Gasteiger partial charge in [-0.25, -0.2) is 0 Å². The second-order valence-corrected chi connectivity index (χ2v) is 6.97. The van der Waals surface area contributed by atoms with Crippen LogP contribution >= 0.6 is 22.9 Å². The number of hydrogen-bond donors (Lipinski definition) is 2. The first-order valence-electron chi connectivity index (χ1n) is 6.69. The van der Waals surface area contributed by atoms with E-state index >= 15 is 0 Å². The fourth-order valence-corrected chi connectivity index (χ4v) is 2.80. The largest absolute Gasteiger partial charge is 0.355 e. The van der Waals surface area contributed by atoms with Crippen LogP contribution in [0.25, 0.3) is 0 Å². The van der Waals surface area contributed by atoms with Gasteiger partial charge in [-0.05, 0) is 38.3 Å². The first-order chi connectivity index (χ1) is 8.90. The molecular formula is C14H23ClN2OS. The molecule has 0 saturated heterocycles. The van der Waals surface area contributed by atoms with E-state index in [-0.39, 0.29) is 18.0 Å². The Kier molecular flexibility index (Phi) is 6.83. The van der Waals surface area contributed by atoms with Crippen molar-refractivity contribution in [2.24, 2.45) is 5.92 Å². The molecule has 108 valence electrons. The van der Waals surface area contributed by atoms with E-state index in [0.29, 0.717) is 5.92 Å². The fourth-order valence-electron chi connectivity index (χ4n) is 1.73. The summed E-state index contributed by atoms with van der Waals surface area (Å²) in [5.41, 5.74) is 0. The average Bonchev–Trinajstić information content (AvgIpc) is 2.75. The average molecular weight is 303 g/mol. The molecule has 1 rings (SSSR count). The molecule has 0 aliphatic heterocycles. The van der Waals surface area contributed by atoms with E-state index in [2.05, 4.69) is 24.5 Å². The second kappa shape index (κ2) is 7.88. The maximum absolute atomic E-state index is 11.9. The van der Waals surface area contributed by atoms with E-state index < -0.39 is 0 Å². The third kappa shape index (κ3) is 5.93. The minimum Gasteiger partial charge on any atom is -0.355 e. The molecule has 1 aromatic rings. The van der Waals surface area contributed by atoms with Crippen molar-refractivity contribution >= 4 is 28.8 Å². The van der Waals surface area contributed by atoms with Crippen molar-refractivity contribution in [3.05, 3.63) is 21.3 Å². The number of carbonyl (C=O) groups excluding carboxylic acids is 1. The highest BCUT2D eigenvalue weighted by Crippen LogP contribution is 2.26. The van der Waals surface area contributed by atoms with Gasteiger partial charge in [0.05, 0.1) is 10.4 Å². The Balaban J connectivity index is 2.37. The van der Waals surface area contributed by atoms with Gasteiger partial charge in [0.15, 0.2) is 0 Å². The zero-order chi connectivity index (χ0) is 14.4. The molecule has 0 saturated carbocycles. The number of amides is 1. The standard InChI is InChI=1S/C14H23ClN2OS/c1-9(2)7-8-16-14(18)11(4)17-10(3)12-5-6-13(15)19-12/h5-6,9-11,17H,7-8H2,1-4H3,(H,16,18). The predicted octanol–water partition coefficient (Wildman–Crippen LogP) is 3.60. The molecule has 0 fully saturated rings. The van der Waals surface area contributed by atoms with Crippen LogP contribution < -0.4 is 10.6 Å². The van der Waals surface area contributed by atoms with Gasteiger partial charge in [0, 0.05) is 17.5 Å². The molecule has 0 aromatic carbocycles. The van der Waals surface area contributed by atoms with E-state index in [0.717, 1.165) is 22.2 Å². The monoisotopic (exact) mass is 302 g/mol. The lowest BCUT2D eigenvalue weighted by atomic mass is 10.1. The summed E-state index contributed by atoms with van der Waals surface area (Å²) in [5, 5.41) is 6.24. The highest BCUT2D eigenvalue weighted by molar-refractivity contribution is 7.16. The Labute approximate surface area is 124 Å². The molecule has 2 unspecified atom stereocenters. The zero-order valence-electron chi connectivity index (χ0n) is 12.0. The van der Waals surface area contributed by atoms with Gasteiger partial charge in [0.1, 0.15) is 0 Å². The van der Waals surface area contributed by atoms with Crippen molar-refractivity contribution < 1.29 is 4.79 Å². The summed E-state index contributed by atoms with van der Waals surface area (Å²) in [6.45, 7) is 8.96. The van der Waals surface area contributed by atoms with Crippen LogP contribution in [0.1, 0.15) is 45.0 Å². The molecule has 2 N–H and O–H groups in total. The van der Waals surface area contributed by atoms with Gasteiger partial charge in [0.25, 0.3) is 0 Å². The lowest BCUT2D eigenvalue weighted by molar-refractivity contribution is -0.122. The Hall–Kier alpha value is -0.580. The quantitative estimate of drug-likeness (QED) is 0.808. The Morgan fingerprint density at radius 2 is 2.00 bits per heavy atom. The molecule has 0 aliphatic carbocycles. The normalized spacial score (nSPS) is 14.4. The zero-order valence-corrected chi connectivity index (χ0v) is 13.6. The van der Waals surface area contributed by atoms with Crippen LogP contribution in [-0.4, -0.2) is 18.5 Å². The molecule has 5 heteroatoms. The summed E-state index contributed by atoms with van der Waals surface area (Å²) < 4.78 is 0.776. The van der Waals surface area contributed by atoms with Crippen LogP contribution in [0.15, 0.2) is 12.1 Å². The van der Waals surface area contributed by atoms with Gasteiger partial charge in [-0.15, -0.1) is 11.3 Å². The van der Waals surface area contributed by atoms with Crippen LogP contribution in [0.2, 0.25) is 4.34 Å². The van der Waals surface area contributed by atoms with Crippen molar-refractivity contribution in [1.82, 2.24) is 10.6 Å². The number of nitrogens with one attached hydrogen (secondary N) is 2. The van der Waals surface area contributed by atoms with Gasteiger partial charge in [-0.2, -0.15) is 0 Å². The minimum atomic E-state index is -0.206. The summed E-state index contributed by atoms with van der Waals surface area (Å²) in [4.78, 5) is 13.0. The third-order valence-corrected chi connectivity index (χ3v) is 4.35. The van der Waals surface area contributed by atoms with Crippen molar-refractivity contribution in [3.8, 4) is 0 Å². The minimum absolute atomic E-state index is 0.0511. The summed E-state index contributed by atoms with van der Waals surface area (Å²) in [7, 11) is 0. The molecule has 19 heavy (non-hydrogen) atoms. The SMILES string of the molecule is CC(C)CCNC(=O)C(C)NC(C)c1ccc(Cl)s1. The molecule has 3 nitrogen and oxygen atoms in total. The highest BCUT2D eigenvalue weighted by atomic mass is 35.5. The van der Waals surface area contributed by atoms with E-state index in [9.17, 15) is 4.79 Å². The molecule has 1 amide bonds. The lowest BCUT2D eigenvalue weighted by Gasteiger charge is -2.19. The van der Waals surface area contributed by atoms with Crippen LogP contribution in [0.4, 0.5) is 0 Å². The van der Waals surface area contributed by atoms with Crippen molar-refractivity contribution in [1.29, 1.82) is 0 Å².